The quantitative estimate of drug-likeness (QED) is 0.322. The molecule has 3 atom stereocenters. The van der Waals surface area contributed by atoms with Gasteiger partial charge in [0.2, 0.25) is 23.6 Å². The number of anilines is 1. The van der Waals surface area contributed by atoms with Crippen LogP contribution in [-0.2, 0) is 30.5 Å². The molecule has 12 heteroatoms. The van der Waals surface area contributed by atoms with Gasteiger partial charge in [-0.2, -0.15) is 0 Å². The first-order chi connectivity index (χ1) is 18.4. The maximum atomic E-state index is 13.0. The van der Waals surface area contributed by atoms with Crippen molar-refractivity contribution >= 4 is 35.4 Å². The molecule has 1 saturated heterocycles. The summed E-state index contributed by atoms with van der Waals surface area (Å²) in [5, 5.41) is 8.11. The van der Waals surface area contributed by atoms with E-state index in [4.69, 9.17) is 10.5 Å². The summed E-state index contributed by atoms with van der Waals surface area (Å²) in [6.45, 7) is 7.60. The maximum absolute atomic E-state index is 13.0. The monoisotopic (exact) mass is 546 g/mol. The second-order valence-electron chi connectivity index (χ2n) is 10.3. The fraction of sp³-hybridized carbons (Fsp3) is 0.593. The Morgan fingerprint density at radius 3 is 2.23 bits per heavy atom. The first-order valence-corrected chi connectivity index (χ1v) is 13.2. The van der Waals surface area contributed by atoms with Crippen molar-refractivity contribution in [2.45, 2.75) is 65.3 Å². The second kappa shape index (κ2) is 14.5. The highest BCUT2D eigenvalue weighted by atomic mass is 16.6. The van der Waals surface area contributed by atoms with Crippen LogP contribution in [0.3, 0.4) is 0 Å². The van der Waals surface area contributed by atoms with Crippen molar-refractivity contribution in [2.24, 2.45) is 17.6 Å². The number of ether oxygens (including phenoxy) is 1. The smallest absolute Gasteiger partial charge is 0.410 e. The van der Waals surface area contributed by atoms with Crippen molar-refractivity contribution in [1.82, 2.24) is 20.4 Å². The third kappa shape index (κ3) is 8.41. The van der Waals surface area contributed by atoms with Crippen molar-refractivity contribution in [1.29, 1.82) is 0 Å². The van der Waals surface area contributed by atoms with Crippen LogP contribution in [0.4, 0.5) is 10.5 Å². The van der Waals surface area contributed by atoms with Crippen LogP contribution in [-0.4, -0.2) is 84.8 Å². The van der Waals surface area contributed by atoms with Gasteiger partial charge in [0.25, 0.3) is 0 Å². The normalized spacial score (nSPS) is 16.4. The molecule has 216 valence electrons. The Morgan fingerprint density at radius 2 is 1.69 bits per heavy atom. The molecule has 2 rings (SSSR count). The Bertz CT molecular complexity index is 1030. The summed E-state index contributed by atoms with van der Waals surface area (Å²) in [6, 6.07) is 4.67. The number of hydrogen-bond donors (Lipinski definition) is 4. The molecule has 0 unspecified atom stereocenters. The van der Waals surface area contributed by atoms with Gasteiger partial charge >= 0.3 is 6.09 Å². The largest absolute Gasteiger partial charge is 0.445 e. The molecule has 1 aromatic carbocycles. The molecule has 0 radical (unpaired) electrons. The summed E-state index contributed by atoms with van der Waals surface area (Å²) < 4.78 is 5.43. The lowest BCUT2D eigenvalue weighted by atomic mass is 9.99. The van der Waals surface area contributed by atoms with Crippen LogP contribution in [0.15, 0.2) is 24.3 Å². The van der Waals surface area contributed by atoms with E-state index >= 15 is 0 Å². The van der Waals surface area contributed by atoms with E-state index in [9.17, 15) is 24.0 Å². The third-order valence-corrected chi connectivity index (χ3v) is 6.73. The zero-order valence-corrected chi connectivity index (χ0v) is 23.7. The second-order valence-corrected chi connectivity index (χ2v) is 10.3. The summed E-state index contributed by atoms with van der Waals surface area (Å²) in [5.41, 5.74) is 6.68. The predicted octanol–water partition coefficient (Wildman–Crippen LogP) is 1.05. The Hall–Kier alpha value is -3.67. The van der Waals surface area contributed by atoms with E-state index in [2.05, 4.69) is 16.0 Å². The Labute approximate surface area is 230 Å². The summed E-state index contributed by atoms with van der Waals surface area (Å²) in [4.78, 5) is 65.4. The van der Waals surface area contributed by atoms with Gasteiger partial charge < -0.3 is 31.3 Å². The molecule has 1 aromatic rings. The van der Waals surface area contributed by atoms with Crippen molar-refractivity contribution in [3.05, 3.63) is 29.8 Å². The molecule has 0 bridgehead atoms. The number of carbonyl (C=O) groups is 5. The number of likely N-dealkylation sites (N-methyl/N-ethyl adjacent to an activating group) is 2. The molecule has 5 amide bonds. The predicted molar refractivity (Wildman–Crippen MR) is 146 cm³/mol. The number of nitrogens with zero attached hydrogens (tertiary/aromatic N) is 2. The van der Waals surface area contributed by atoms with Crippen LogP contribution in [0.2, 0.25) is 0 Å². The number of nitrogens with one attached hydrogen (secondary N) is 3. The molecule has 0 saturated carbocycles. The molecule has 0 spiro atoms. The van der Waals surface area contributed by atoms with Crippen LogP contribution < -0.4 is 21.7 Å². The maximum Gasteiger partial charge on any atom is 0.410 e. The number of carbonyl (C=O) groups excluding carboxylic acids is 5. The number of benzene rings is 1. The van der Waals surface area contributed by atoms with Gasteiger partial charge in [-0.3, -0.25) is 24.1 Å². The third-order valence-electron chi connectivity index (χ3n) is 6.73. The summed E-state index contributed by atoms with van der Waals surface area (Å²) in [6.07, 6.45) is 0.639. The van der Waals surface area contributed by atoms with Gasteiger partial charge in [-0.05, 0) is 42.4 Å². The molecular weight excluding hydrogens is 504 g/mol. The first-order valence-electron chi connectivity index (χ1n) is 13.2. The minimum atomic E-state index is -0.845. The van der Waals surface area contributed by atoms with Gasteiger partial charge in [-0.1, -0.05) is 39.8 Å². The van der Waals surface area contributed by atoms with Crippen LogP contribution in [0, 0.1) is 11.8 Å². The molecule has 0 aromatic heterocycles. The first kappa shape index (κ1) is 31.5. The van der Waals surface area contributed by atoms with Gasteiger partial charge in [-0.25, -0.2) is 4.79 Å². The van der Waals surface area contributed by atoms with E-state index in [1.54, 1.807) is 24.3 Å². The summed E-state index contributed by atoms with van der Waals surface area (Å²) in [5.74, 6) is -1.66. The molecule has 1 heterocycles. The number of amides is 5. The highest BCUT2D eigenvalue weighted by Gasteiger charge is 2.35. The summed E-state index contributed by atoms with van der Waals surface area (Å²) >= 11 is 0. The van der Waals surface area contributed by atoms with Gasteiger partial charge in [0.1, 0.15) is 24.7 Å². The summed E-state index contributed by atoms with van der Waals surface area (Å²) in [7, 11) is 2.99. The van der Waals surface area contributed by atoms with Crippen molar-refractivity contribution in [3.63, 3.8) is 0 Å². The Kier molecular flexibility index (Phi) is 11.7. The SMILES string of the molecule is CNC(=O)[C@@H](NC(=O)[C@H](C(C)C)N(C)C(=O)OCc1ccc(NC(=O)[C@@H]2CCCN2C(=O)CN)cc1)C(C)C. The molecule has 39 heavy (non-hydrogen) atoms. The molecule has 1 fully saturated rings. The Balaban J connectivity index is 1.96. The zero-order chi connectivity index (χ0) is 29.3. The lowest BCUT2D eigenvalue weighted by Gasteiger charge is -2.31. The zero-order valence-electron chi connectivity index (χ0n) is 23.7. The van der Waals surface area contributed by atoms with Gasteiger partial charge in [0, 0.05) is 26.3 Å². The van der Waals surface area contributed by atoms with E-state index in [0.717, 1.165) is 6.42 Å². The van der Waals surface area contributed by atoms with Crippen LogP contribution in [0.25, 0.3) is 0 Å². The number of nitrogens with two attached hydrogens (primary N) is 1. The fourth-order valence-electron chi connectivity index (χ4n) is 4.58. The minimum absolute atomic E-state index is 0.0436. The van der Waals surface area contributed by atoms with Gasteiger partial charge in [-0.15, -0.1) is 0 Å². The minimum Gasteiger partial charge on any atom is -0.445 e. The number of hydrogen-bond acceptors (Lipinski definition) is 7. The van der Waals surface area contributed by atoms with Gasteiger partial charge in [0.15, 0.2) is 0 Å². The van der Waals surface area contributed by atoms with Crippen LogP contribution in [0.5, 0.6) is 0 Å². The average molecular weight is 547 g/mol. The fourth-order valence-corrected chi connectivity index (χ4v) is 4.58. The number of rotatable bonds is 11. The molecule has 1 aliphatic rings. The molecule has 5 N–H and O–H groups in total. The van der Waals surface area contributed by atoms with E-state index in [-0.39, 0.29) is 42.7 Å². The number of likely N-dealkylation sites (tertiary alicyclic amines) is 1. The standard InChI is InChI=1S/C27H42N6O6/c1-16(2)22(25(36)29-5)31-26(37)23(17(3)4)32(6)27(38)39-15-18-9-11-19(12-10-18)30-24(35)20-8-7-13-33(20)21(34)14-28/h9-12,16-17,20,22-23H,7-8,13-15,28H2,1-6H3,(H,29,36)(H,30,35)(H,31,37)/t20-,22-,23-/m0/s1. The van der Waals surface area contributed by atoms with E-state index in [0.29, 0.717) is 24.2 Å². The average Bonchev–Trinajstić information content (AvgIpc) is 3.40. The van der Waals surface area contributed by atoms with Crippen molar-refractivity contribution in [2.75, 3.05) is 32.5 Å². The molecule has 1 aliphatic heterocycles. The van der Waals surface area contributed by atoms with E-state index in [1.807, 2.05) is 27.7 Å². The van der Waals surface area contributed by atoms with E-state index < -0.39 is 30.1 Å². The molecular formula is C27H42N6O6. The Morgan fingerprint density at radius 1 is 1.05 bits per heavy atom. The van der Waals surface area contributed by atoms with Crippen molar-refractivity contribution in [3.8, 4) is 0 Å². The van der Waals surface area contributed by atoms with Crippen LogP contribution >= 0.6 is 0 Å². The highest BCUT2D eigenvalue weighted by Crippen LogP contribution is 2.20. The van der Waals surface area contributed by atoms with Crippen LogP contribution in [0.1, 0.15) is 46.1 Å². The highest BCUT2D eigenvalue weighted by molar-refractivity contribution is 5.97. The lowest BCUT2D eigenvalue weighted by molar-refractivity contribution is -0.135. The van der Waals surface area contributed by atoms with E-state index in [1.165, 1.54) is 23.9 Å². The topological polar surface area (TPSA) is 163 Å². The van der Waals surface area contributed by atoms with Gasteiger partial charge in [0.05, 0.1) is 6.54 Å². The molecule has 0 aliphatic carbocycles. The lowest BCUT2D eigenvalue weighted by Crippen LogP contribution is -2.56. The van der Waals surface area contributed by atoms with Crippen molar-refractivity contribution < 1.29 is 28.7 Å². The molecule has 12 nitrogen and oxygen atoms in total.